The predicted molar refractivity (Wildman–Crippen MR) is 91.8 cm³/mol. The number of imide groups is 1. The molecule has 0 bridgehead atoms. The molecule has 3 aromatic rings. The molecule has 0 aliphatic heterocycles. The van der Waals surface area contributed by atoms with Crippen molar-refractivity contribution in [2.45, 2.75) is 0 Å². The summed E-state index contributed by atoms with van der Waals surface area (Å²) in [6.07, 6.45) is 0. The number of rotatable bonds is 2. The predicted octanol–water partition coefficient (Wildman–Crippen LogP) is 4.59. The fraction of sp³-hybridized carbons (Fsp3) is 0. The lowest BCUT2D eigenvalue weighted by Crippen LogP contribution is -2.35. The summed E-state index contributed by atoms with van der Waals surface area (Å²) >= 11 is 5.81. The van der Waals surface area contributed by atoms with Crippen LogP contribution in [0.15, 0.2) is 60.7 Å². The zero-order chi connectivity index (χ0) is 17.1. The average molecular weight is 343 g/mol. The monoisotopic (exact) mass is 342 g/mol. The molecule has 0 spiro atoms. The number of urea groups is 1. The molecule has 0 atom stereocenters. The lowest BCUT2D eigenvalue weighted by atomic mass is 10.1. The van der Waals surface area contributed by atoms with Crippen molar-refractivity contribution in [1.29, 1.82) is 0 Å². The van der Waals surface area contributed by atoms with E-state index in [1.807, 2.05) is 30.3 Å². The van der Waals surface area contributed by atoms with Crippen molar-refractivity contribution in [3.63, 3.8) is 0 Å². The van der Waals surface area contributed by atoms with Crippen LogP contribution in [-0.4, -0.2) is 11.9 Å². The number of carbonyl (C=O) groups excluding carboxylic acids is 2. The minimum Gasteiger partial charge on any atom is -0.307 e. The SMILES string of the molecule is O=C(NC(=O)c1c(F)cccc1Cl)Nc1cccc2ccccc12. The molecule has 0 aliphatic carbocycles. The maximum Gasteiger partial charge on any atom is 0.326 e. The molecule has 3 amide bonds. The molecule has 3 rings (SSSR count). The first-order chi connectivity index (χ1) is 11.6. The number of hydrogen-bond acceptors (Lipinski definition) is 2. The second-order valence-corrected chi connectivity index (χ2v) is 5.44. The molecule has 2 N–H and O–H groups in total. The summed E-state index contributed by atoms with van der Waals surface area (Å²) in [5, 5.41) is 6.37. The maximum atomic E-state index is 13.7. The Morgan fingerprint density at radius 2 is 1.62 bits per heavy atom. The molecule has 0 aliphatic rings. The third-order valence-electron chi connectivity index (χ3n) is 3.45. The van der Waals surface area contributed by atoms with E-state index in [-0.39, 0.29) is 10.6 Å². The number of nitrogens with one attached hydrogen (secondary N) is 2. The Morgan fingerprint density at radius 3 is 2.42 bits per heavy atom. The van der Waals surface area contributed by atoms with E-state index in [1.54, 1.807) is 12.1 Å². The summed E-state index contributed by atoms with van der Waals surface area (Å²) in [7, 11) is 0. The zero-order valence-corrected chi connectivity index (χ0v) is 13.1. The first-order valence-corrected chi connectivity index (χ1v) is 7.48. The van der Waals surface area contributed by atoms with Gasteiger partial charge in [0, 0.05) is 5.39 Å². The van der Waals surface area contributed by atoms with Gasteiger partial charge in [0.1, 0.15) is 5.82 Å². The van der Waals surface area contributed by atoms with E-state index in [0.29, 0.717) is 5.69 Å². The summed E-state index contributed by atoms with van der Waals surface area (Å²) in [5.74, 6) is -1.70. The van der Waals surface area contributed by atoms with Crippen LogP contribution < -0.4 is 10.6 Å². The van der Waals surface area contributed by atoms with Crippen molar-refractivity contribution in [2.75, 3.05) is 5.32 Å². The molecule has 0 fully saturated rings. The minimum atomic E-state index is -0.907. The zero-order valence-electron chi connectivity index (χ0n) is 12.3. The van der Waals surface area contributed by atoms with Crippen LogP contribution in [0.4, 0.5) is 14.9 Å². The third-order valence-corrected chi connectivity index (χ3v) is 3.77. The van der Waals surface area contributed by atoms with Gasteiger partial charge < -0.3 is 5.32 Å². The smallest absolute Gasteiger partial charge is 0.307 e. The van der Waals surface area contributed by atoms with E-state index >= 15 is 0 Å². The van der Waals surface area contributed by atoms with E-state index in [4.69, 9.17) is 11.6 Å². The molecular formula is C18H12ClFN2O2. The Hall–Kier alpha value is -2.92. The molecular weight excluding hydrogens is 331 g/mol. The summed E-state index contributed by atoms with van der Waals surface area (Å²) in [4.78, 5) is 24.1. The van der Waals surface area contributed by atoms with Gasteiger partial charge in [-0.3, -0.25) is 10.1 Å². The van der Waals surface area contributed by atoms with Crippen LogP contribution in [0.25, 0.3) is 10.8 Å². The summed E-state index contributed by atoms with van der Waals surface area (Å²) in [6, 6.07) is 16.0. The molecule has 6 heteroatoms. The fourth-order valence-corrected chi connectivity index (χ4v) is 2.62. The number of amides is 3. The van der Waals surface area contributed by atoms with Crippen LogP contribution in [0, 0.1) is 5.82 Å². The Morgan fingerprint density at radius 1 is 0.917 bits per heavy atom. The van der Waals surface area contributed by atoms with Crippen molar-refractivity contribution in [2.24, 2.45) is 0 Å². The van der Waals surface area contributed by atoms with Crippen LogP contribution >= 0.6 is 11.6 Å². The second-order valence-electron chi connectivity index (χ2n) is 5.03. The van der Waals surface area contributed by atoms with Gasteiger partial charge in [-0.1, -0.05) is 54.1 Å². The van der Waals surface area contributed by atoms with Crippen LogP contribution in [0.1, 0.15) is 10.4 Å². The van der Waals surface area contributed by atoms with Gasteiger partial charge >= 0.3 is 6.03 Å². The van der Waals surface area contributed by atoms with E-state index < -0.39 is 17.8 Å². The standard InChI is InChI=1S/C18H12ClFN2O2/c19-13-8-4-9-14(20)16(13)17(23)22-18(24)21-15-10-3-6-11-5-1-2-7-12(11)15/h1-10H,(H2,21,22,23,24). The number of fused-ring (bicyclic) bond motifs is 1. The lowest BCUT2D eigenvalue weighted by molar-refractivity contribution is 0.0963. The van der Waals surface area contributed by atoms with Gasteiger partial charge in [-0.05, 0) is 23.6 Å². The van der Waals surface area contributed by atoms with E-state index in [1.165, 1.54) is 12.1 Å². The van der Waals surface area contributed by atoms with E-state index in [0.717, 1.165) is 16.8 Å². The normalized spacial score (nSPS) is 10.4. The molecule has 4 nitrogen and oxygen atoms in total. The van der Waals surface area contributed by atoms with Gasteiger partial charge in [-0.15, -0.1) is 0 Å². The van der Waals surface area contributed by atoms with E-state index in [2.05, 4.69) is 10.6 Å². The van der Waals surface area contributed by atoms with Gasteiger partial charge in [0.2, 0.25) is 0 Å². The Kier molecular flexibility index (Phi) is 4.44. The van der Waals surface area contributed by atoms with Crippen molar-refractivity contribution in [1.82, 2.24) is 5.32 Å². The Labute approximate surface area is 142 Å². The topological polar surface area (TPSA) is 58.2 Å². The average Bonchev–Trinajstić information content (AvgIpc) is 2.55. The molecule has 3 aromatic carbocycles. The quantitative estimate of drug-likeness (QED) is 0.715. The highest BCUT2D eigenvalue weighted by atomic mass is 35.5. The molecule has 0 saturated carbocycles. The third kappa shape index (κ3) is 3.21. The Balaban J connectivity index is 1.79. The van der Waals surface area contributed by atoms with Gasteiger partial charge in [0.05, 0.1) is 16.3 Å². The highest BCUT2D eigenvalue weighted by molar-refractivity contribution is 6.34. The van der Waals surface area contributed by atoms with Crippen molar-refractivity contribution < 1.29 is 14.0 Å². The van der Waals surface area contributed by atoms with Crippen LogP contribution in [-0.2, 0) is 0 Å². The summed E-state index contributed by atoms with van der Waals surface area (Å²) in [5.41, 5.74) is 0.172. The maximum absolute atomic E-state index is 13.7. The van der Waals surface area contributed by atoms with Crippen molar-refractivity contribution in [3.8, 4) is 0 Å². The lowest BCUT2D eigenvalue weighted by Gasteiger charge is -2.10. The largest absolute Gasteiger partial charge is 0.326 e. The minimum absolute atomic E-state index is 0.0644. The molecule has 0 saturated heterocycles. The van der Waals surface area contributed by atoms with Crippen molar-refractivity contribution in [3.05, 3.63) is 77.1 Å². The first-order valence-electron chi connectivity index (χ1n) is 7.10. The first kappa shape index (κ1) is 16.0. The van der Waals surface area contributed by atoms with Crippen LogP contribution in [0.2, 0.25) is 5.02 Å². The molecule has 24 heavy (non-hydrogen) atoms. The molecule has 0 unspecified atom stereocenters. The number of anilines is 1. The number of carbonyl (C=O) groups is 2. The molecule has 0 heterocycles. The fourth-order valence-electron chi connectivity index (χ4n) is 2.37. The Bertz CT molecular complexity index is 918. The molecule has 0 radical (unpaired) electrons. The number of benzene rings is 3. The second kappa shape index (κ2) is 6.68. The number of hydrogen-bond donors (Lipinski definition) is 2. The van der Waals surface area contributed by atoms with E-state index in [9.17, 15) is 14.0 Å². The van der Waals surface area contributed by atoms with Crippen LogP contribution in [0.5, 0.6) is 0 Å². The summed E-state index contributed by atoms with van der Waals surface area (Å²) in [6.45, 7) is 0. The summed E-state index contributed by atoms with van der Waals surface area (Å²) < 4.78 is 13.7. The van der Waals surface area contributed by atoms with Gasteiger partial charge in [-0.25, -0.2) is 9.18 Å². The molecule has 120 valence electrons. The van der Waals surface area contributed by atoms with Gasteiger partial charge in [0.25, 0.3) is 5.91 Å². The van der Waals surface area contributed by atoms with Crippen LogP contribution in [0.3, 0.4) is 0 Å². The van der Waals surface area contributed by atoms with Gasteiger partial charge in [0.15, 0.2) is 0 Å². The number of halogens is 2. The van der Waals surface area contributed by atoms with Crippen molar-refractivity contribution >= 4 is 40.0 Å². The highest BCUT2D eigenvalue weighted by Crippen LogP contribution is 2.23. The molecule has 0 aromatic heterocycles. The highest BCUT2D eigenvalue weighted by Gasteiger charge is 2.18. The van der Waals surface area contributed by atoms with Gasteiger partial charge in [-0.2, -0.15) is 0 Å².